The second kappa shape index (κ2) is 23.2. The van der Waals surface area contributed by atoms with Gasteiger partial charge in [0.15, 0.2) is 43.0 Å². The lowest BCUT2D eigenvalue weighted by atomic mass is 9.94. The number of benzene rings is 2. The molecule has 0 saturated carbocycles. The molecule has 2 aromatic carbocycles. The Bertz CT molecular complexity index is 2140. The molecule has 0 unspecified atom stereocenters. The van der Waals surface area contributed by atoms with Crippen LogP contribution in [0.4, 0.5) is 4.79 Å². The fraction of sp³-hybridized carbons (Fsp3) is 0.523. The number of esters is 6. The fourth-order valence-electron chi connectivity index (χ4n) is 7.86. The van der Waals surface area contributed by atoms with Crippen LogP contribution in [0.3, 0.4) is 0 Å². The van der Waals surface area contributed by atoms with Crippen molar-refractivity contribution in [1.29, 1.82) is 0 Å². The molecular weight excluding hydrogens is 892 g/mol. The minimum absolute atomic E-state index is 0.147. The molecule has 364 valence electrons. The van der Waals surface area contributed by atoms with Crippen LogP contribution in [0.15, 0.2) is 48.5 Å². The van der Waals surface area contributed by atoms with Crippen LogP contribution in [0.1, 0.15) is 65.5 Å². The predicted molar refractivity (Wildman–Crippen MR) is 221 cm³/mol. The van der Waals surface area contributed by atoms with E-state index in [0.717, 1.165) is 70.7 Å². The van der Waals surface area contributed by atoms with Crippen molar-refractivity contribution in [3.63, 3.8) is 0 Å². The van der Waals surface area contributed by atoms with E-state index in [1.54, 1.807) is 0 Å². The smallest absolute Gasteiger partial charge is 0.407 e. The molecule has 0 bridgehead atoms. The van der Waals surface area contributed by atoms with Crippen LogP contribution in [0, 0.1) is 0 Å². The second-order valence-electron chi connectivity index (χ2n) is 15.5. The van der Waals surface area contributed by atoms with Crippen molar-refractivity contribution in [3.05, 3.63) is 59.7 Å². The molecule has 0 aromatic heterocycles. The van der Waals surface area contributed by atoms with Gasteiger partial charge in [0.25, 0.3) is 0 Å². The monoisotopic (exact) mass is 944 g/mol. The number of nitrogens with one attached hydrogen (secondary N) is 2. The number of carbonyl (C=O) groups is 9. The molecular formula is C44H52N2O21. The van der Waals surface area contributed by atoms with Crippen LogP contribution < -0.4 is 10.6 Å². The molecule has 5 rings (SSSR count). The lowest BCUT2D eigenvalue weighted by molar-refractivity contribution is -0.350. The Labute approximate surface area is 383 Å². The van der Waals surface area contributed by atoms with E-state index in [2.05, 4.69) is 10.6 Å². The third-order valence-corrected chi connectivity index (χ3v) is 10.4. The first-order chi connectivity index (χ1) is 31.7. The van der Waals surface area contributed by atoms with Crippen molar-refractivity contribution < 1.29 is 100 Å². The van der Waals surface area contributed by atoms with Crippen LogP contribution >= 0.6 is 0 Å². The number of amides is 2. The highest BCUT2D eigenvalue weighted by Crippen LogP contribution is 2.44. The summed E-state index contributed by atoms with van der Waals surface area (Å²) < 4.78 is 62.5. The number of carbonyl (C=O) groups excluding carboxylic acids is 8. The van der Waals surface area contributed by atoms with E-state index in [4.69, 9.17) is 52.1 Å². The fourth-order valence-corrected chi connectivity index (χ4v) is 7.86. The first-order valence-corrected chi connectivity index (χ1v) is 20.9. The normalized spacial score (nSPS) is 25.7. The molecule has 0 spiro atoms. The topological polar surface area (TPSA) is 299 Å². The second-order valence-corrected chi connectivity index (χ2v) is 15.5. The number of rotatable bonds is 18. The number of ether oxygens (including phenoxy) is 11. The van der Waals surface area contributed by atoms with E-state index in [-0.39, 0.29) is 12.5 Å². The molecule has 2 amide bonds. The van der Waals surface area contributed by atoms with Gasteiger partial charge < -0.3 is 67.8 Å². The Morgan fingerprint density at radius 2 is 1.04 bits per heavy atom. The molecule has 2 saturated heterocycles. The summed E-state index contributed by atoms with van der Waals surface area (Å²) in [5.74, 6) is -8.10. The van der Waals surface area contributed by atoms with Crippen LogP contribution in [0.5, 0.6) is 0 Å². The molecule has 0 radical (unpaired) electrons. The first-order valence-electron chi connectivity index (χ1n) is 20.9. The van der Waals surface area contributed by atoms with Crippen molar-refractivity contribution in [1.82, 2.24) is 10.6 Å². The highest BCUT2D eigenvalue weighted by atomic mass is 16.8. The Morgan fingerprint density at radius 3 is 1.55 bits per heavy atom. The van der Waals surface area contributed by atoms with Crippen LogP contribution in [0.25, 0.3) is 11.1 Å². The summed E-state index contributed by atoms with van der Waals surface area (Å²) in [5, 5.41) is 14.9. The number of fused-ring (bicyclic) bond motifs is 3. The van der Waals surface area contributed by atoms with E-state index in [9.17, 15) is 48.3 Å². The lowest BCUT2D eigenvalue weighted by Gasteiger charge is -2.49. The zero-order valence-electron chi connectivity index (χ0n) is 37.5. The summed E-state index contributed by atoms with van der Waals surface area (Å²) in [6, 6.07) is 11.8. The van der Waals surface area contributed by atoms with Gasteiger partial charge in [-0.2, -0.15) is 0 Å². The van der Waals surface area contributed by atoms with Gasteiger partial charge in [-0.05, 0) is 22.3 Å². The average molecular weight is 945 g/mol. The standard InChI is InChI=1S/C44H52N2O21/c1-20(47)45-35-38(62-24(5)51)36(67-43-40(64-26(7)53)39(63-25(6)52)37(61-23(4)50)34(66-43)19-58-22(3)49)33(18-57-21(2)48)65-42(35)59-17-32(41(54)55)46-44(56)60-16-31-29-14-10-8-12-27(29)28-13-9-11-15-30(28)31/h8-15,31-40,42-43H,16-19H2,1-7H3,(H,45,47)(H,46,56)(H,54,55)/t32-,33-,34+,35+,36-,37+,38-,39-,40+,42-,43-/m1/s1. The minimum atomic E-state index is -1.90. The van der Waals surface area contributed by atoms with Gasteiger partial charge in [-0.1, -0.05) is 48.5 Å². The average Bonchev–Trinajstić information content (AvgIpc) is 3.56. The van der Waals surface area contributed by atoms with E-state index in [1.807, 2.05) is 48.5 Å². The quantitative estimate of drug-likeness (QED) is 0.140. The van der Waals surface area contributed by atoms with Crippen molar-refractivity contribution in [2.75, 3.05) is 26.4 Å². The summed E-state index contributed by atoms with van der Waals surface area (Å²) >= 11 is 0. The molecule has 23 heteroatoms. The number of hydrogen-bond acceptors (Lipinski definition) is 20. The van der Waals surface area contributed by atoms with Crippen LogP contribution in [-0.2, 0) is 90.5 Å². The zero-order valence-corrected chi connectivity index (χ0v) is 37.5. The highest BCUT2D eigenvalue weighted by molar-refractivity contribution is 5.81. The number of carboxylic acids is 1. The maximum atomic E-state index is 13.2. The Morgan fingerprint density at radius 1 is 0.567 bits per heavy atom. The van der Waals surface area contributed by atoms with Gasteiger partial charge >= 0.3 is 47.9 Å². The van der Waals surface area contributed by atoms with Gasteiger partial charge in [0, 0.05) is 54.4 Å². The van der Waals surface area contributed by atoms with E-state index < -0.39 is 141 Å². The molecule has 3 aliphatic rings. The summed E-state index contributed by atoms with van der Waals surface area (Å²) in [4.78, 5) is 113. The number of carboxylic acid groups (broad SMARTS) is 1. The summed E-state index contributed by atoms with van der Waals surface area (Å²) in [5.41, 5.74) is 3.76. The van der Waals surface area contributed by atoms with Crippen LogP contribution in [-0.4, -0.2) is 153 Å². The zero-order chi connectivity index (χ0) is 49.1. The Balaban J connectivity index is 1.43. The maximum Gasteiger partial charge on any atom is 0.407 e. The molecule has 2 fully saturated rings. The SMILES string of the molecule is CC(=O)N[C@@H]1[C@H](OC[C@@H](NC(=O)OCC2c3ccccc3-c3ccccc32)C(=O)O)O[C@H](COC(C)=O)[C@@H](O[C@H]2O[C@@H](COC(C)=O)[C@H](OC(C)=O)[C@@H](OC(C)=O)[C@@H]2OC(C)=O)[C@@H]1OC(C)=O. The maximum absolute atomic E-state index is 13.2. The lowest BCUT2D eigenvalue weighted by Crippen LogP contribution is -2.69. The predicted octanol–water partition coefficient (Wildman–Crippen LogP) is 1.19. The van der Waals surface area contributed by atoms with E-state index in [0.29, 0.717) is 0 Å². The van der Waals surface area contributed by atoms with E-state index in [1.165, 1.54) is 0 Å². The number of hydrogen-bond donors (Lipinski definition) is 3. The van der Waals surface area contributed by atoms with Gasteiger partial charge in [0.2, 0.25) is 5.91 Å². The largest absolute Gasteiger partial charge is 0.480 e. The molecule has 2 heterocycles. The molecule has 23 nitrogen and oxygen atoms in total. The number of alkyl carbamates (subject to hydrolysis) is 1. The molecule has 2 aliphatic heterocycles. The van der Waals surface area contributed by atoms with Gasteiger partial charge in [-0.3, -0.25) is 33.6 Å². The van der Waals surface area contributed by atoms with Crippen molar-refractivity contribution in [3.8, 4) is 11.1 Å². The van der Waals surface area contributed by atoms with Crippen molar-refractivity contribution >= 4 is 53.8 Å². The van der Waals surface area contributed by atoms with Crippen molar-refractivity contribution in [2.24, 2.45) is 0 Å². The Kier molecular flexibility index (Phi) is 17.7. The van der Waals surface area contributed by atoms with Crippen molar-refractivity contribution in [2.45, 2.75) is 122 Å². The van der Waals surface area contributed by atoms with E-state index >= 15 is 0 Å². The molecule has 11 atom stereocenters. The summed E-state index contributed by atoms with van der Waals surface area (Å²) in [7, 11) is 0. The van der Waals surface area contributed by atoms with Gasteiger partial charge in [0.05, 0.1) is 6.61 Å². The molecule has 2 aromatic rings. The van der Waals surface area contributed by atoms with Gasteiger partial charge in [0.1, 0.15) is 44.2 Å². The summed E-state index contributed by atoms with van der Waals surface area (Å²) in [6.45, 7) is 4.90. The Hall–Kier alpha value is -6.69. The minimum Gasteiger partial charge on any atom is -0.480 e. The highest BCUT2D eigenvalue weighted by Gasteiger charge is 2.57. The number of aliphatic carboxylic acids is 1. The molecule has 67 heavy (non-hydrogen) atoms. The molecule has 3 N–H and O–H groups in total. The first kappa shape index (κ1) is 51.3. The van der Waals surface area contributed by atoms with Crippen LogP contribution in [0.2, 0.25) is 0 Å². The molecule has 1 aliphatic carbocycles. The third kappa shape index (κ3) is 13.7. The van der Waals surface area contributed by atoms with Gasteiger partial charge in [-0.15, -0.1) is 0 Å². The van der Waals surface area contributed by atoms with Gasteiger partial charge in [-0.25, -0.2) is 9.59 Å². The summed E-state index contributed by atoms with van der Waals surface area (Å²) in [6.07, 6.45) is -16.3. The third-order valence-electron chi connectivity index (χ3n) is 10.4.